The van der Waals surface area contributed by atoms with E-state index in [0.29, 0.717) is 11.3 Å². The van der Waals surface area contributed by atoms with Crippen molar-refractivity contribution in [1.29, 1.82) is 0 Å². The molecule has 0 atom stereocenters. The van der Waals surface area contributed by atoms with E-state index in [1.807, 2.05) is 13.0 Å². The first kappa shape index (κ1) is 10.1. The lowest BCUT2D eigenvalue weighted by Gasteiger charge is -2.03. The van der Waals surface area contributed by atoms with Gasteiger partial charge in [0.1, 0.15) is 5.82 Å². The quantitative estimate of drug-likeness (QED) is 0.693. The molecule has 2 rings (SSSR count). The van der Waals surface area contributed by atoms with Crippen LogP contribution in [0.25, 0.3) is 11.3 Å². The Morgan fingerprint density at radius 2 is 2.07 bits per heavy atom. The molecule has 2 aromatic rings. The number of hydrogen-bond acceptors (Lipinski definition) is 2. The average molecular weight is 223 g/mol. The first-order valence-electron chi connectivity index (χ1n) is 4.42. The summed E-state index contributed by atoms with van der Waals surface area (Å²) >= 11 is 5.63. The Balaban J connectivity index is 2.54. The highest BCUT2D eigenvalue weighted by molar-refractivity contribution is 6.28. The van der Waals surface area contributed by atoms with Gasteiger partial charge in [0.15, 0.2) is 0 Å². The predicted octanol–water partition coefficient (Wildman–Crippen LogP) is 3.24. The molecule has 2 nitrogen and oxygen atoms in total. The summed E-state index contributed by atoms with van der Waals surface area (Å²) in [5.41, 5.74) is 1.80. The summed E-state index contributed by atoms with van der Waals surface area (Å²) in [7, 11) is 0. The van der Waals surface area contributed by atoms with Gasteiger partial charge in [-0.2, -0.15) is 0 Å². The smallest absolute Gasteiger partial charge is 0.222 e. The second kappa shape index (κ2) is 3.95. The second-order valence-corrected chi connectivity index (χ2v) is 3.53. The molecule has 0 N–H and O–H groups in total. The molecule has 1 aromatic carbocycles. The molecule has 0 spiro atoms. The number of aryl methyl sites for hydroxylation is 1. The zero-order valence-electron chi connectivity index (χ0n) is 8.04. The van der Waals surface area contributed by atoms with Gasteiger partial charge in [-0.25, -0.2) is 14.4 Å². The number of halogens is 2. The molecule has 4 heteroatoms. The first-order chi connectivity index (χ1) is 7.16. The Kier molecular flexibility index (Phi) is 2.64. The van der Waals surface area contributed by atoms with Crippen molar-refractivity contribution in [3.63, 3.8) is 0 Å². The fraction of sp³-hybridized carbons (Fsp3) is 0.0909. The lowest BCUT2D eigenvalue weighted by Crippen LogP contribution is -1.90. The highest BCUT2D eigenvalue weighted by Crippen LogP contribution is 2.21. The fourth-order valence-electron chi connectivity index (χ4n) is 1.31. The van der Waals surface area contributed by atoms with Gasteiger partial charge in [0.2, 0.25) is 5.28 Å². The number of aromatic nitrogens is 2. The Morgan fingerprint density at radius 1 is 1.27 bits per heavy atom. The third-order valence-corrected chi connectivity index (χ3v) is 2.21. The van der Waals surface area contributed by atoms with Crippen molar-refractivity contribution in [2.45, 2.75) is 6.92 Å². The third-order valence-electron chi connectivity index (χ3n) is 2.03. The van der Waals surface area contributed by atoms with Gasteiger partial charge >= 0.3 is 0 Å². The van der Waals surface area contributed by atoms with E-state index in [1.54, 1.807) is 12.1 Å². The van der Waals surface area contributed by atoms with Crippen LogP contribution in [0.1, 0.15) is 5.56 Å². The summed E-state index contributed by atoms with van der Waals surface area (Å²) in [5, 5.41) is 0.118. The van der Waals surface area contributed by atoms with Crippen molar-refractivity contribution in [3.05, 3.63) is 47.1 Å². The molecular formula is C11H8ClFN2. The maximum absolute atomic E-state index is 13.6. The Bertz CT molecular complexity index is 500. The predicted molar refractivity (Wildman–Crippen MR) is 57.2 cm³/mol. The van der Waals surface area contributed by atoms with Gasteiger partial charge in [-0.05, 0) is 42.3 Å². The van der Waals surface area contributed by atoms with Crippen LogP contribution in [0.15, 0.2) is 30.5 Å². The van der Waals surface area contributed by atoms with Crippen molar-refractivity contribution in [2.75, 3.05) is 0 Å². The lowest BCUT2D eigenvalue weighted by atomic mass is 10.1. The summed E-state index contributed by atoms with van der Waals surface area (Å²) in [6, 6.07) is 6.60. The van der Waals surface area contributed by atoms with Crippen LogP contribution in [0.2, 0.25) is 5.28 Å². The Labute approximate surface area is 91.8 Å². The molecule has 0 radical (unpaired) electrons. The minimum Gasteiger partial charge on any atom is -0.226 e. The van der Waals surface area contributed by atoms with Gasteiger partial charge in [0, 0.05) is 11.8 Å². The Hall–Kier alpha value is -1.48. The number of benzene rings is 1. The molecular weight excluding hydrogens is 215 g/mol. The molecule has 0 fully saturated rings. The molecule has 15 heavy (non-hydrogen) atoms. The highest BCUT2D eigenvalue weighted by Gasteiger charge is 2.06. The van der Waals surface area contributed by atoms with E-state index in [0.717, 1.165) is 5.56 Å². The van der Waals surface area contributed by atoms with Crippen molar-refractivity contribution >= 4 is 11.6 Å². The lowest BCUT2D eigenvalue weighted by molar-refractivity contribution is 0.629. The van der Waals surface area contributed by atoms with Crippen LogP contribution in [0.3, 0.4) is 0 Å². The zero-order chi connectivity index (χ0) is 10.8. The summed E-state index contributed by atoms with van der Waals surface area (Å²) in [6.07, 6.45) is 1.50. The molecule has 0 bridgehead atoms. The van der Waals surface area contributed by atoms with Crippen LogP contribution in [-0.4, -0.2) is 9.97 Å². The molecule has 0 aliphatic carbocycles. The van der Waals surface area contributed by atoms with E-state index in [2.05, 4.69) is 9.97 Å². The molecule has 76 valence electrons. The molecule has 0 unspecified atom stereocenters. The van der Waals surface area contributed by atoms with E-state index in [-0.39, 0.29) is 11.1 Å². The van der Waals surface area contributed by atoms with Crippen molar-refractivity contribution in [3.8, 4) is 11.3 Å². The zero-order valence-corrected chi connectivity index (χ0v) is 8.79. The second-order valence-electron chi connectivity index (χ2n) is 3.19. The fourth-order valence-corrected chi connectivity index (χ4v) is 1.46. The highest BCUT2D eigenvalue weighted by atomic mass is 35.5. The summed E-state index contributed by atoms with van der Waals surface area (Å²) < 4.78 is 13.6. The van der Waals surface area contributed by atoms with Crippen LogP contribution in [0, 0.1) is 12.7 Å². The maximum atomic E-state index is 13.6. The molecule has 0 saturated heterocycles. The van der Waals surface area contributed by atoms with Gasteiger partial charge in [-0.1, -0.05) is 6.07 Å². The minimum atomic E-state index is -0.301. The van der Waals surface area contributed by atoms with Gasteiger partial charge < -0.3 is 0 Å². The first-order valence-corrected chi connectivity index (χ1v) is 4.79. The SMILES string of the molecule is Cc1ccc(-c2ccnc(Cl)n2)c(F)c1. The number of nitrogens with zero attached hydrogens (tertiary/aromatic N) is 2. The third kappa shape index (κ3) is 2.13. The monoisotopic (exact) mass is 222 g/mol. The van der Waals surface area contributed by atoms with Crippen molar-refractivity contribution in [2.24, 2.45) is 0 Å². The molecule has 0 saturated carbocycles. The van der Waals surface area contributed by atoms with Crippen molar-refractivity contribution in [1.82, 2.24) is 9.97 Å². The van der Waals surface area contributed by atoms with Gasteiger partial charge in [0.05, 0.1) is 5.69 Å². The maximum Gasteiger partial charge on any atom is 0.222 e. The largest absolute Gasteiger partial charge is 0.226 e. The van der Waals surface area contributed by atoms with Crippen LogP contribution in [0.5, 0.6) is 0 Å². The van der Waals surface area contributed by atoms with Crippen LogP contribution in [0.4, 0.5) is 4.39 Å². The van der Waals surface area contributed by atoms with E-state index in [9.17, 15) is 4.39 Å². The van der Waals surface area contributed by atoms with Gasteiger partial charge in [0.25, 0.3) is 0 Å². The van der Waals surface area contributed by atoms with E-state index in [4.69, 9.17) is 11.6 Å². The summed E-state index contributed by atoms with van der Waals surface area (Å²) in [5.74, 6) is -0.301. The van der Waals surface area contributed by atoms with Gasteiger partial charge in [-0.3, -0.25) is 0 Å². The summed E-state index contributed by atoms with van der Waals surface area (Å²) in [4.78, 5) is 7.69. The van der Waals surface area contributed by atoms with E-state index < -0.39 is 0 Å². The topological polar surface area (TPSA) is 25.8 Å². The molecule has 0 amide bonds. The Morgan fingerprint density at radius 3 is 2.73 bits per heavy atom. The molecule has 1 heterocycles. The number of rotatable bonds is 1. The normalized spacial score (nSPS) is 10.3. The van der Waals surface area contributed by atoms with Gasteiger partial charge in [-0.15, -0.1) is 0 Å². The van der Waals surface area contributed by atoms with Crippen LogP contribution >= 0.6 is 11.6 Å². The molecule has 0 aliphatic heterocycles. The average Bonchev–Trinajstić information content (AvgIpc) is 2.17. The minimum absolute atomic E-state index is 0.118. The molecule has 1 aromatic heterocycles. The number of hydrogen-bond donors (Lipinski definition) is 0. The van der Waals surface area contributed by atoms with Crippen LogP contribution in [-0.2, 0) is 0 Å². The van der Waals surface area contributed by atoms with E-state index >= 15 is 0 Å². The van der Waals surface area contributed by atoms with Crippen molar-refractivity contribution < 1.29 is 4.39 Å². The van der Waals surface area contributed by atoms with Crippen LogP contribution < -0.4 is 0 Å². The summed E-state index contributed by atoms with van der Waals surface area (Å²) in [6.45, 7) is 1.83. The standard InChI is InChI=1S/C11H8ClFN2/c1-7-2-3-8(9(13)6-7)10-4-5-14-11(12)15-10/h2-6H,1H3. The van der Waals surface area contributed by atoms with E-state index in [1.165, 1.54) is 12.3 Å². The molecule has 0 aliphatic rings.